The third-order valence-corrected chi connectivity index (χ3v) is 5.43. The summed E-state index contributed by atoms with van der Waals surface area (Å²) in [6.45, 7) is 11.2. The highest BCUT2D eigenvalue weighted by Gasteiger charge is 2.42. The lowest BCUT2D eigenvalue weighted by Crippen LogP contribution is -2.19. The molecule has 0 aromatic heterocycles. The van der Waals surface area contributed by atoms with E-state index in [2.05, 4.69) is 27.0 Å². The molecule has 0 radical (unpaired) electrons. The summed E-state index contributed by atoms with van der Waals surface area (Å²) in [5, 5.41) is 0. The van der Waals surface area contributed by atoms with E-state index in [1.165, 1.54) is 0 Å². The highest BCUT2D eigenvalue weighted by molar-refractivity contribution is 5.86. The smallest absolute Gasteiger partial charge is 0.373 e. The zero-order valence-electron chi connectivity index (χ0n) is 19.7. The summed E-state index contributed by atoms with van der Waals surface area (Å²) in [5.41, 5.74) is 1.78. The van der Waals surface area contributed by atoms with E-state index >= 15 is 0 Å². The van der Waals surface area contributed by atoms with Crippen LogP contribution in [0.2, 0.25) is 0 Å². The molecule has 1 aliphatic rings. The SMILES string of the molecule is C=CC(=O)OCC1OC1Oc1ccc(C(C)(C)c2ccc(OC(=C)C(=O)OCCC=O)cc2)cc1. The van der Waals surface area contributed by atoms with Gasteiger partial charge in [0.25, 0.3) is 0 Å². The molecule has 2 aromatic carbocycles. The molecule has 1 heterocycles. The Bertz CT molecular complexity index is 1070. The number of benzene rings is 2. The molecular weight excluding hydrogens is 452 g/mol. The lowest BCUT2D eigenvalue weighted by Gasteiger charge is -2.26. The van der Waals surface area contributed by atoms with Crippen LogP contribution in [0.3, 0.4) is 0 Å². The Morgan fingerprint density at radius 3 is 2.17 bits per heavy atom. The van der Waals surface area contributed by atoms with Crippen LogP contribution in [0, 0.1) is 0 Å². The second kappa shape index (κ2) is 11.5. The zero-order chi connectivity index (χ0) is 25.4. The summed E-state index contributed by atoms with van der Waals surface area (Å²) in [4.78, 5) is 33.2. The maximum absolute atomic E-state index is 11.8. The molecule has 0 spiro atoms. The molecule has 8 heteroatoms. The van der Waals surface area contributed by atoms with Crippen LogP contribution < -0.4 is 9.47 Å². The van der Waals surface area contributed by atoms with Gasteiger partial charge < -0.3 is 28.5 Å². The van der Waals surface area contributed by atoms with Crippen LogP contribution in [0.4, 0.5) is 0 Å². The van der Waals surface area contributed by atoms with Crippen LogP contribution >= 0.6 is 0 Å². The van der Waals surface area contributed by atoms with Gasteiger partial charge >= 0.3 is 11.9 Å². The average Bonchev–Trinajstić information content (AvgIpc) is 3.60. The molecule has 2 aromatic rings. The van der Waals surface area contributed by atoms with Gasteiger partial charge in [0.1, 0.15) is 24.4 Å². The molecule has 1 saturated heterocycles. The van der Waals surface area contributed by atoms with Crippen LogP contribution in [-0.4, -0.2) is 43.8 Å². The average molecular weight is 481 g/mol. The minimum atomic E-state index is -0.709. The Balaban J connectivity index is 1.55. The van der Waals surface area contributed by atoms with Crippen LogP contribution in [0.25, 0.3) is 0 Å². The number of rotatable bonds is 13. The fourth-order valence-electron chi connectivity index (χ4n) is 3.23. The van der Waals surface area contributed by atoms with Crippen molar-refractivity contribution in [3.8, 4) is 11.5 Å². The fourth-order valence-corrected chi connectivity index (χ4v) is 3.23. The van der Waals surface area contributed by atoms with Crippen molar-refractivity contribution in [1.29, 1.82) is 0 Å². The van der Waals surface area contributed by atoms with E-state index in [0.717, 1.165) is 17.2 Å². The maximum atomic E-state index is 11.8. The maximum Gasteiger partial charge on any atom is 0.373 e. The van der Waals surface area contributed by atoms with Gasteiger partial charge in [0.15, 0.2) is 6.10 Å². The minimum absolute atomic E-state index is 0.0128. The number of carbonyl (C=O) groups is 3. The quantitative estimate of drug-likeness (QED) is 0.106. The minimum Gasteiger partial charge on any atom is -0.462 e. The summed E-state index contributed by atoms with van der Waals surface area (Å²) in [5.74, 6) is -0.264. The Morgan fingerprint density at radius 2 is 1.60 bits per heavy atom. The molecule has 0 N–H and O–H groups in total. The highest BCUT2D eigenvalue weighted by Crippen LogP contribution is 2.34. The second-order valence-corrected chi connectivity index (χ2v) is 8.29. The zero-order valence-corrected chi connectivity index (χ0v) is 19.7. The lowest BCUT2D eigenvalue weighted by atomic mass is 9.78. The first-order chi connectivity index (χ1) is 16.7. The summed E-state index contributed by atoms with van der Waals surface area (Å²) in [6.07, 6.45) is 1.16. The number of ether oxygens (including phenoxy) is 5. The van der Waals surface area contributed by atoms with Crippen molar-refractivity contribution in [3.63, 3.8) is 0 Å². The molecule has 184 valence electrons. The first kappa shape index (κ1) is 25.7. The highest BCUT2D eigenvalue weighted by atomic mass is 16.8. The van der Waals surface area contributed by atoms with Gasteiger partial charge in [-0.3, -0.25) is 0 Å². The molecular formula is C27H28O8. The van der Waals surface area contributed by atoms with E-state index < -0.39 is 18.2 Å². The number of esters is 2. The molecule has 35 heavy (non-hydrogen) atoms. The first-order valence-electron chi connectivity index (χ1n) is 11.0. The summed E-state index contributed by atoms with van der Waals surface area (Å²) < 4.78 is 26.4. The van der Waals surface area contributed by atoms with E-state index in [-0.39, 0.29) is 36.9 Å². The number of hydrogen-bond donors (Lipinski definition) is 0. The number of carbonyl (C=O) groups excluding carboxylic acids is 3. The lowest BCUT2D eigenvalue weighted by molar-refractivity contribution is -0.142. The van der Waals surface area contributed by atoms with E-state index in [9.17, 15) is 14.4 Å². The number of hydrogen-bond acceptors (Lipinski definition) is 8. The van der Waals surface area contributed by atoms with Crippen molar-refractivity contribution >= 4 is 18.2 Å². The molecule has 8 nitrogen and oxygen atoms in total. The van der Waals surface area contributed by atoms with E-state index in [1.54, 1.807) is 12.1 Å². The van der Waals surface area contributed by atoms with Crippen molar-refractivity contribution in [1.82, 2.24) is 0 Å². The molecule has 0 amide bonds. The molecule has 0 aliphatic carbocycles. The second-order valence-electron chi connectivity index (χ2n) is 8.29. The van der Waals surface area contributed by atoms with Gasteiger partial charge in [-0.1, -0.05) is 44.7 Å². The van der Waals surface area contributed by atoms with Gasteiger partial charge in [-0.25, -0.2) is 9.59 Å². The molecule has 3 rings (SSSR count). The van der Waals surface area contributed by atoms with Crippen molar-refractivity contribution in [2.24, 2.45) is 0 Å². The third-order valence-electron chi connectivity index (χ3n) is 5.43. The van der Waals surface area contributed by atoms with E-state index in [0.29, 0.717) is 17.8 Å². The summed E-state index contributed by atoms with van der Waals surface area (Å²) in [7, 11) is 0. The monoisotopic (exact) mass is 480 g/mol. The van der Waals surface area contributed by atoms with E-state index in [4.69, 9.17) is 23.7 Å². The van der Waals surface area contributed by atoms with Crippen molar-refractivity contribution in [2.75, 3.05) is 13.2 Å². The Hall–Kier alpha value is -3.91. The predicted octanol–water partition coefficient (Wildman–Crippen LogP) is 3.87. The van der Waals surface area contributed by atoms with Crippen LogP contribution in [0.5, 0.6) is 11.5 Å². The summed E-state index contributed by atoms with van der Waals surface area (Å²) in [6, 6.07) is 15.0. The number of epoxide rings is 1. The predicted molar refractivity (Wildman–Crippen MR) is 127 cm³/mol. The molecule has 2 atom stereocenters. The first-order valence-corrected chi connectivity index (χ1v) is 11.0. The largest absolute Gasteiger partial charge is 0.462 e. The molecule has 2 unspecified atom stereocenters. The topological polar surface area (TPSA) is 101 Å². The molecule has 0 saturated carbocycles. The standard InChI is InChI=1S/C27H28O8/c1-5-24(29)32-17-23-26(35-23)34-22-13-9-20(10-14-22)27(3,4)19-7-11-21(12-8-19)33-18(2)25(30)31-16-6-15-28/h5,7-15,23,26H,1-2,6,16-17H2,3-4H3. The van der Waals surface area contributed by atoms with Crippen LogP contribution in [0.1, 0.15) is 31.4 Å². The number of aldehydes is 1. The van der Waals surface area contributed by atoms with Crippen molar-refractivity contribution < 1.29 is 38.1 Å². The van der Waals surface area contributed by atoms with E-state index in [1.807, 2.05) is 36.4 Å². The Labute approximate surface area is 204 Å². The normalized spacial score (nSPS) is 16.5. The van der Waals surface area contributed by atoms with Crippen LogP contribution in [0.15, 0.2) is 73.5 Å². The van der Waals surface area contributed by atoms with Gasteiger partial charge in [0, 0.05) is 17.9 Å². The molecule has 1 fully saturated rings. The van der Waals surface area contributed by atoms with Crippen LogP contribution in [-0.2, 0) is 34.0 Å². The van der Waals surface area contributed by atoms with Crippen molar-refractivity contribution in [2.45, 2.75) is 38.1 Å². The summed E-state index contributed by atoms with van der Waals surface area (Å²) >= 11 is 0. The van der Waals surface area contributed by atoms with Gasteiger partial charge in [-0.15, -0.1) is 0 Å². The van der Waals surface area contributed by atoms with Gasteiger partial charge in [-0.05, 0) is 42.0 Å². The van der Waals surface area contributed by atoms with Gasteiger partial charge in [0.05, 0.1) is 6.61 Å². The fraction of sp³-hybridized carbons (Fsp3) is 0.296. The van der Waals surface area contributed by atoms with Gasteiger partial charge in [0.2, 0.25) is 12.0 Å². The van der Waals surface area contributed by atoms with Gasteiger partial charge in [-0.2, -0.15) is 0 Å². The molecule has 0 bridgehead atoms. The third kappa shape index (κ3) is 7.04. The Morgan fingerprint density at radius 1 is 1.00 bits per heavy atom. The Kier molecular flexibility index (Phi) is 8.43. The molecule has 1 aliphatic heterocycles. The van der Waals surface area contributed by atoms with Crippen molar-refractivity contribution in [3.05, 3.63) is 84.7 Å².